The smallest absolute Gasteiger partial charge is 0.0807 e. The number of ether oxygens (including phenoxy) is 1. The number of rotatable bonds is 5. The Hall–Kier alpha value is -0.160. The number of hydrogen-bond acceptors (Lipinski definition) is 4. The lowest BCUT2D eigenvalue weighted by molar-refractivity contribution is -0.172. The van der Waals surface area contributed by atoms with Crippen LogP contribution < -0.4 is 0 Å². The number of nitrogens with zero attached hydrogens (tertiary/aromatic N) is 3. The molecule has 0 aromatic rings. The number of likely N-dealkylation sites (tertiary alicyclic amines) is 1. The molecule has 0 aliphatic carbocycles. The maximum absolute atomic E-state index is 5.61. The van der Waals surface area contributed by atoms with Crippen LogP contribution >= 0.6 is 0 Å². The molecule has 0 radical (unpaired) electrons. The van der Waals surface area contributed by atoms with Crippen LogP contribution in [0.3, 0.4) is 0 Å². The van der Waals surface area contributed by atoms with Crippen molar-refractivity contribution < 1.29 is 4.74 Å². The van der Waals surface area contributed by atoms with Gasteiger partial charge in [-0.1, -0.05) is 13.8 Å². The molecule has 3 fully saturated rings. The van der Waals surface area contributed by atoms with Gasteiger partial charge in [0.1, 0.15) is 0 Å². The monoisotopic (exact) mass is 309 g/mol. The number of piperidine rings is 1. The molecule has 0 aromatic heterocycles. The van der Waals surface area contributed by atoms with Crippen LogP contribution in [0.1, 0.15) is 33.1 Å². The molecule has 4 nitrogen and oxygen atoms in total. The maximum atomic E-state index is 5.61. The minimum atomic E-state index is 0.343. The second kappa shape index (κ2) is 7.16. The molecule has 3 saturated heterocycles. The van der Waals surface area contributed by atoms with E-state index in [-0.39, 0.29) is 0 Å². The average Bonchev–Trinajstić information content (AvgIpc) is 2.45. The van der Waals surface area contributed by atoms with Crippen LogP contribution in [-0.4, -0.2) is 86.3 Å². The molecule has 1 spiro atoms. The topological polar surface area (TPSA) is 19.0 Å². The third kappa shape index (κ3) is 3.84. The quantitative estimate of drug-likeness (QED) is 0.770. The van der Waals surface area contributed by atoms with Gasteiger partial charge in [-0.2, -0.15) is 0 Å². The highest BCUT2D eigenvalue weighted by atomic mass is 16.5. The lowest BCUT2D eigenvalue weighted by atomic mass is 9.89. The summed E-state index contributed by atoms with van der Waals surface area (Å²) >= 11 is 0. The highest BCUT2D eigenvalue weighted by molar-refractivity contribution is 5.02. The predicted octanol–water partition coefficient (Wildman–Crippen LogP) is 1.76. The van der Waals surface area contributed by atoms with E-state index >= 15 is 0 Å². The molecule has 3 rings (SSSR count). The lowest BCUT2D eigenvalue weighted by Gasteiger charge is -2.56. The predicted molar refractivity (Wildman–Crippen MR) is 91.2 cm³/mol. The zero-order valence-electron chi connectivity index (χ0n) is 14.9. The second-order valence-corrected chi connectivity index (χ2v) is 8.37. The Morgan fingerprint density at radius 3 is 2.41 bits per heavy atom. The molecule has 3 heterocycles. The molecular weight excluding hydrogens is 274 g/mol. The minimum absolute atomic E-state index is 0.343. The molecule has 4 heteroatoms. The van der Waals surface area contributed by atoms with Gasteiger partial charge < -0.3 is 14.5 Å². The summed E-state index contributed by atoms with van der Waals surface area (Å²) < 4.78 is 5.61. The second-order valence-electron chi connectivity index (χ2n) is 8.37. The Kier molecular flexibility index (Phi) is 5.43. The first-order valence-electron chi connectivity index (χ1n) is 9.31. The van der Waals surface area contributed by atoms with Gasteiger partial charge in [-0.3, -0.25) is 4.90 Å². The summed E-state index contributed by atoms with van der Waals surface area (Å²) in [4.78, 5) is 7.91. The van der Waals surface area contributed by atoms with Crippen molar-refractivity contribution in [1.29, 1.82) is 0 Å². The van der Waals surface area contributed by atoms with E-state index in [1.165, 1.54) is 65.1 Å². The van der Waals surface area contributed by atoms with E-state index in [2.05, 4.69) is 35.6 Å². The number of hydrogen-bond donors (Lipinski definition) is 0. The van der Waals surface area contributed by atoms with Crippen LogP contribution in [0.5, 0.6) is 0 Å². The van der Waals surface area contributed by atoms with Gasteiger partial charge in [-0.15, -0.1) is 0 Å². The van der Waals surface area contributed by atoms with Gasteiger partial charge in [0, 0.05) is 26.2 Å². The largest absolute Gasteiger partial charge is 0.377 e. The lowest BCUT2D eigenvalue weighted by Crippen LogP contribution is -2.71. The molecule has 22 heavy (non-hydrogen) atoms. The fraction of sp³-hybridized carbons (Fsp3) is 1.00. The normalized spacial score (nSPS) is 28.4. The van der Waals surface area contributed by atoms with E-state index in [4.69, 9.17) is 4.74 Å². The zero-order chi connectivity index (χ0) is 15.6. The van der Waals surface area contributed by atoms with Gasteiger partial charge in [0.2, 0.25) is 0 Å². The maximum Gasteiger partial charge on any atom is 0.0807 e. The van der Waals surface area contributed by atoms with Crippen molar-refractivity contribution in [3.05, 3.63) is 0 Å². The fourth-order valence-electron chi connectivity index (χ4n) is 4.34. The first-order valence-corrected chi connectivity index (χ1v) is 9.31. The molecule has 0 N–H and O–H groups in total. The van der Waals surface area contributed by atoms with E-state index in [0.717, 1.165) is 25.0 Å². The Morgan fingerprint density at radius 1 is 1.09 bits per heavy atom. The Balaban J connectivity index is 1.46. The molecule has 3 aliphatic rings. The minimum Gasteiger partial charge on any atom is -0.377 e. The summed E-state index contributed by atoms with van der Waals surface area (Å²) in [5.74, 6) is 1.71. The van der Waals surface area contributed by atoms with E-state index in [1.54, 1.807) is 0 Å². The first-order chi connectivity index (χ1) is 10.6. The zero-order valence-corrected chi connectivity index (χ0v) is 14.9. The Labute approximate surface area is 136 Å². The van der Waals surface area contributed by atoms with Gasteiger partial charge in [0.05, 0.1) is 18.8 Å². The molecule has 0 bridgehead atoms. The van der Waals surface area contributed by atoms with Crippen molar-refractivity contribution in [3.63, 3.8) is 0 Å². The van der Waals surface area contributed by atoms with Crippen LogP contribution in [0.4, 0.5) is 0 Å². The van der Waals surface area contributed by atoms with Crippen molar-refractivity contribution in [2.75, 3.05) is 66.1 Å². The van der Waals surface area contributed by atoms with Crippen molar-refractivity contribution in [1.82, 2.24) is 14.7 Å². The highest BCUT2D eigenvalue weighted by Gasteiger charge is 2.47. The van der Waals surface area contributed by atoms with Gasteiger partial charge in [0.15, 0.2) is 0 Å². The first kappa shape index (κ1) is 16.7. The van der Waals surface area contributed by atoms with E-state index in [0.29, 0.717) is 5.54 Å². The number of piperazine rings is 1. The summed E-state index contributed by atoms with van der Waals surface area (Å²) in [7, 11) is 2.25. The van der Waals surface area contributed by atoms with Crippen LogP contribution in [0, 0.1) is 11.8 Å². The van der Waals surface area contributed by atoms with E-state index in [9.17, 15) is 0 Å². The molecule has 0 atom stereocenters. The van der Waals surface area contributed by atoms with Gasteiger partial charge in [0.25, 0.3) is 0 Å². The van der Waals surface area contributed by atoms with E-state index in [1.807, 2.05) is 0 Å². The standard InChI is InChI=1S/C18H35N3O/c1-16(2)12-21-11-10-20(13-18(21)14-22-15-18)9-6-17-4-7-19(3)8-5-17/h16-17H,4-15H2,1-3H3. The summed E-state index contributed by atoms with van der Waals surface area (Å²) in [6, 6.07) is 0. The molecule has 0 aromatic carbocycles. The van der Waals surface area contributed by atoms with Crippen molar-refractivity contribution in [2.45, 2.75) is 38.6 Å². The van der Waals surface area contributed by atoms with E-state index < -0.39 is 0 Å². The summed E-state index contributed by atoms with van der Waals surface area (Å²) in [6.45, 7) is 15.4. The summed E-state index contributed by atoms with van der Waals surface area (Å²) in [6.07, 6.45) is 4.20. The molecule has 0 unspecified atom stereocenters. The third-order valence-electron chi connectivity index (χ3n) is 5.89. The van der Waals surface area contributed by atoms with Crippen LogP contribution in [0.25, 0.3) is 0 Å². The molecule has 128 valence electrons. The van der Waals surface area contributed by atoms with Crippen molar-refractivity contribution in [3.8, 4) is 0 Å². The molecule has 0 saturated carbocycles. The third-order valence-corrected chi connectivity index (χ3v) is 5.89. The van der Waals surface area contributed by atoms with Gasteiger partial charge in [-0.05, 0) is 57.8 Å². The van der Waals surface area contributed by atoms with Crippen molar-refractivity contribution >= 4 is 0 Å². The summed E-state index contributed by atoms with van der Waals surface area (Å²) in [5.41, 5.74) is 0.343. The Morgan fingerprint density at radius 2 is 1.82 bits per heavy atom. The molecular formula is C18H35N3O. The molecule has 3 aliphatic heterocycles. The summed E-state index contributed by atoms with van der Waals surface area (Å²) in [5, 5.41) is 0. The SMILES string of the molecule is CC(C)CN1CCN(CCC2CCN(C)CC2)CC12COC2. The van der Waals surface area contributed by atoms with Crippen LogP contribution in [0.15, 0.2) is 0 Å². The molecule has 0 amide bonds. The average molecular weight is 309 g/mol. The van der Waals surface area contributed by atoms with Crippen LogP contribution in [0.2, 0.25) is 0 Å². The van der Waals surface area contributed by atoms with Gasteiger partial charge >= 0.3 is 0 Å². The van der Waals surface area contributed by atoms with Gasteiger partial charge in [-0.25, -0.2) is 0 Å². The Bertz CT molecular complexity index is 348. The van der Waals surface area contributed by atoms with Crippen molar-refractivity contribution in [2.24, 2.45) is 11.8 Å². The highest BCUT2D eigenvalue weighted by Crippen LogP contribution is 2.31. The fourth-order valence-corrected chi connectivity index (χ4v) is 4.34. The van der Waals surface area contributed by atoms with Crippen LogP contribution in [-0.2, 0) is 4.74 Å².